The van der Waals surface area contributed by atoms with Gasteiger partial charge in [0.2, 0.25) is 0 Å². The van der Waals surface area contributed by atoms with Gasteiger partial charge in [-0.25, -0.2) is 4.98 Å². The SMILES string of the molecule is Cc1c(-c2ccccc2)nc2ccccc2c1C(=O)NC(CC#N)c1ccccc1. The highest BCUT2D eigenvalue weighted by Crippen LogP contribution is 2.30. The van der Waals surface area contributed by atoms with Crippen molar-refractivity contribution < 1.29 is 4.79 Å². The molecule has 0 aliphatic heterocycles. The van der Waals surface area contributed by atoms with Crippen LogP contribution < -0.4 is 5.32 Å². The second kappa shape index (κ2) is 8.59. The van der Waals surface area contributed by atoms with Crippen LogP contribution in [-0.4, -0.2) is 10.9 Å². The van der Waals surface area contributed by atoms with E-state index in [9.17, 15) is 10.1 Å². The van der Waals surface area contributed by atoms with Gasteiger partial charge in [0.05, 0.1) is 35.3 Å². The molecule has 1 aromatic heterocycles. The van der Waals surface area contributed by atoms with Crippen LogP contribution >= 0.6 is 0 Å². The number of rotatable bonds is 5. The van der Waals surface area contributed by atoms with Crippen LogP contribution in [0.1, 0.15) is 33.9 Å². The molecule has 1 heterocycles. The van der Waals surface area contributed by atoms with E-state index in [1.165, 1.54) is 0 Å². The maximum Gasteiger partial charge on any atom is 0.252 e. The van der Waals surface area contributed by atoms with Crippen LogP contribution in [0.15, 0.2) is 84.9 Å². The summed E-state index contributed by atoms with van der Waals surface area (Å²) in [5, 5.41) is 13.2. The Kier molecular flexibility index (Phi) is 5.54. The highest BCUT2D eigenvalue weighted by molar-refractivity contribution is 6.09. The van der Waals surface area contributed by atoms with Crippen LogP contribution in [0.4, 0.5) is 0 Å². The summed E-state index contributed by atoms with van der Waals surface area (Å²) in [6, 6.07) is 28.9. The van der Waals surface area contributed by atoms with Crippen molar-refractivity contribution in [2.45, 2.75) is 19.4 Å². The molecule has 0 radical (unpaired) electrons. The van der Waals surface area contributed by atoms with E-state index in [2.05, 4.69) is 11.4 Å². The molecule has 4 aromatic rings. The van der Waals surface area contributed by atoms with Crippen LogP contribution in [-0.2, 0) is 0 Å². The van der Waals surface area contributed by atoms with Gasteiger partial charge in [-0.1, -0.05) is 78.9 Å². The van der Waals surface area contributed by atoms with Crippen LogP contribution in [0.3, 0.4) is 0 Å². The molecule has 0 fully saturated rings. The molecule has 0 aliphatic carbocycles. The Morgan fingerprint density at radius 1 is 0.967 bits per heavy atom. The minimum Gasteiger partial charge on any atom is -0.344 e. The molecule has 1 unspecified atom stereocenters. The van der Waals surface area contributed by atoms with Crippen molar-refractivity contribution in [3.8, 4) is 17.3 Å². The van der Waals surface area contributed by atoms with Gasteiger partial charge in [0.1, 0.15) is 0 Å². The number of carbonyl (C=O) groups excluding carboxylic acids is 1. The van der Waals surface area contributed by atoms with E-state index >= 15 is 0 Å². The van der Waals surface area contributed by atoms with Gasteiger partial charge in [0, 0.05) is 10.9 Å². The Morgan fingerprint density at radius 2 is 1.60 bits per heavy atom. The zero-order valence-corrected chi connectivity index (χ0v) is 16.7. The third kappa shape index (κ3) is 3.78. The molecule has 1 N–H and O–H groups in total. The summed E-state index contributed by atoms with van der Waals surface area (Å²) in [6.45, 7) is 1.93. The van der Waals surface area contributed by atoms with E-state index < -0.39 is 0 Å². The van der Waals surface area contributed by atoms with E-state index in [-0.39, 0.29) is 18.4 Å². The number of para-hydroxylation sites is 1. The quantitative estimate of drug-likeness (QED) is 0.482. The van der Waals surface area contributed by atoms with Crippen molar-refractivity contribution in [3.63, 3.8) is 0 Å². The van der Waals surface area contributed by atoms with Gasteiger partial charge in [0.25, 0.3) is 5.91 Å². The average Bonchev–Trinajstić information content (AvgIpc) is 2.79. The smallest absolute Gasteiger partial charge is 0.252 e. The molecule has 0 spiro atoms. The molecule has 4 rings (SSSR count). The summed E-state index contributed by atoms with van der Waals surface area (Å²) in [5.41, 5.74) is 4.84. The Bertz CT molecular complexity index is 1230. The summed E-state index contributed by atoms with van der Waals surface area (Å²) < 4.78 is 0. The molecule has 4 nitrogen and oxygen atoms in total. The molecule has 0 bridgehead atoms. The van der Waals surface area contributed by atoms with Gasteiger partial charge < -0.3 is 5.32 Å². The number of hydrogen-bond donors (Lipinski definition) is 1. The predicted molar refractivity (Wildman–Crippen MR) is 119 cm³/mol. The standard InChI is InChI=1S/C26H21N3O/c1-18-24(26(30)29-22(16-17-27)19-10-4-2-5-11-19)21-14-8-9-15-23(21)28-25(18)20-12-6-3-7-13-20/h2-15,22H,16H2,1H3,(H,29,30). The van der Waals surface area contributed by atoms with Crippen LogP contribution in [0.5, 0.6) is 0 Å². The van der Waals surface area contributed by atoms with Gasteiger partial charge in [-0.2, -0.15) is 5.26 Å². The number of benzene rings is 3. The number of carbonyl (C=O) groups is 1. The predicted octanol–water partition coefficient (Wildman–Crippen LogP) is 5.60. The van der Waals surface area contributed by atoms with Crippen molar-refractivity contribution in [2.24, 2.45) is 0 Å². The zero-order valence-electron chi connectivity index (χ0n) is 16.7. The van der Waals surface area contributed by atoms with E-state index in [1.807, 2.05) is 91.9 Å². The minimum absolute atomic E-state index is 0.198. The summed E-state index contributed by atoms with van der Waals surface area (Å²) in [4.78, 5) is 18.3. The lowest BCUT2D eigenvalue weighted by Gasteiger charge is -2.19. The number of hydrogen-bond acceptors (Lipinski definition) is 3. The normalized spacial score (nSPS) is 11.6. The number of pyridine rings is 1. The average molecular weight is 391 g/mol. The van der Waals surface area contributed by atoms with E-state index in [0.717, 1.165) is 33.3 Å². The fourth-order valence-corrected chi connectivity index (χ4v) is 3.74. The molecule has 0 saturated carbocycles. The monoisotopic (exact) mass is 391 g/mol. The number of nitriles is 1. The lowest BCUT2D eigenvalue weighted by atomic mass is 9.96. The fraction of sp³-hybridized carbons (Fsp3) is 0.115. The lowest BCUT2D eigenvalue weighted by molar-refractivity contribution is 0.0938. The summed E-state index contributed by atoms with van der Waals surface area (Å²) in [5.74, 6) is -0.201. The Labute approximate surface area is 175 Å². The summed E-state index contributed by atoms with van der Waals surface area (Å²) >= 11 is 0. The van der Waals surface area contributed by atoms with Gasteiger partial charge in [-0.15, -0.1) is 0 Å². The van der Waals surface area contributed by atoms with Crippen LogP contribution in [0.2, 0.25) is 0 Å². The van der Waals surface area contributed by atoms with Gasteiger partial charge in [-0.3, -0.25) is 4.79 Å². The van der Waals surface area contributed by atoms with Crippen LogP contribution in [0, 0.1) is 18.3 Å². The summed E-state index contributed by atoms with van der Waals surface area (Å²) in [6.07, 6.45) is 0.198. The van der Waals surface area contributed by atoms with Crippen molar-refractivity contribution in [3.05, 3.63) is 102 Å². The first kappa shape index (κ1) is 19.4. The first-order valence-corrected chi connectivity index (χ1v) is 9.86. The molecule has 1 atom stereocenters. The number of amides is 1. The van der Waals surface area contributed by atoms with E-state index in [1.54, 1.807) is 0 Å². The van der Waals surface area contributed by atoms with Crippen LogP contribution in [0.25, 0.3) is 22.2 Å². The number of aromatic nitrogens is 1. The molecule has 4 heteroatoms. The Balaban J connectivity index is 1.82. The minimum atomic E-state index is -0.379. The number of nitrogens with zero attached hydrogens (tertiary/aromatic N) is 2. The molecular formula is C26H21N3O. The molecule has 0 aliphatic rings. The molecule has 3 aromatic carbocycles. The lowest BCUT2D eigenvalue weighted by Crippen LogP contribution is -2.29. The number of fused-ring (bicyclic) bond motifs is 1. The zero-order chi connectivity index (χ0) is 20.9. The maximum absolute atomic E-state index is 13.5. The number of nitrogens with one attached hydrogen (secondary N) is 1. The third-order valence-electron chi connectivity index (χ3n) is 5.21. The van der Waals surface area contributed by atoms with Crippen molar-refractivity contribution >= 4 is 16.8 Å². The second-order valence-corrected chi connectivity index (χ2v) is 7.14. The first-order chi connectivity index (χ1) is 14.7. The van der Waals surface area contributed by atoms with Crippen molar-refractivity contribution in [2.75, 3.05) is 0 Å². The second-order valence-electron chi connectivity index (χ2n) is 7.14. The van der Waals surface area contributed by atoms with E-state index in [4.69, 9.17) is 4.98 Å². The first-order valence-electron chi connectivity index (χ1n) is 9.86. The molecule has 30 heavy (non-hydrogen) atoms. The molecule has 146 valence electrons. The largest absolute Gasteiger partial charge is 0.344 e. The topological polar surface area (TPSA) is 65.8 Å². The highest BCUT2D eigenvalue weighted by atomic mass is 16.1. The van der Waals surface area contributed by atoms with Crippen molar-refractivity contribution in [1.29, 1.82) is 5.26 Å². The molecule has 1 amide bonds. The Morgan fingerprint density at radius 3 is 2.30 bits per heavy atom. The third-order valence-corrected chi connectivity index (χ3v) is 5.21. The molecular weight excluding hydrogens is 370 g/mol. The highest BCUT2D eigenvalue weighted by Gasteiger charge is 2.22. The van der Waals surface area contributed by atoms with Gasteiger partial charge in [-0.05, 0) is 24.1 Å². The van der Waals surface area contributed by atoms with Gasteiger partial charge >= 0.3 is 0 Å². The van der Waals surface area contributed by atoms with E-state index in [0.29, 0.717) is 5.56 Å². The Hall–Kier alpha value is -3.97. The van der Waals surface area contributed by atoms with Crippen molar-refractivity contribution in [1.82, 2.24) is 10.3 Å². The van der Waals surface area contributed by atoms with Gasteiger partial charge in [0.15, 0.2) is 0 Å². The molecule has 0 saturated heterocycles. The fourth-order valence-electron chi connectivity index (χ4n) is 3.74. The maximum atomic E-state index is 13.5. The summed E-state index contributed by atoms with van der Waals surface area (Å²) in [7, 11) is 0.